The third-order valence-electron chi connectivity index (χ3n) is 3.91. The summed E-state index contributed by atoms with van der Waals surface area (Å²) in [6.45, 7) is 4.15. The van der Waals surface area contributed by atoms with Crippen molar-refractivity contribution in [3.63, 3.8) is 0 Å². The Bertz CT molecular complexity index is 263. The molecular weight excluding hydrogens is 244 g/mol. The molecule has 0 radical (unpaired) electrons. The third-order valence-corrected chi connectivity index (χ3v) is 3.91. The van der Waals surface area contributed by atoms with Gasteiger partial charge in [0.25, 0.3) is 0 Å². The van der Waals surface area contributed by atoms with Crippen molar-refractivity contribution in [3.05, 3.63) is 0 Å². The number of rotatable bonds is 8. The van der Waals surface area contributed by atoms with Crippen molar-refractivity contribution < 1.29 is 14.3 Å². The largest absolute Gasteiger partial charge is 0.385 e. The van der Waals surface area contributed by atoms with E-state index in [0.29, 0.717) is 19.7 Å². The van der Waals surface area contributed by atoms with E-state index in [9.17, 15) is 4.79 Å². The maximum absolute atomic E-state index is 11.7. The van der Waals surface area contributed by atoms with Crippen LogP contribution in [0.25, 0.3) is 0 Å². The second kappa shape index (κ2) is 8.51. The summed E-state index contributed by atoms with van der Waals surface area (Å²) in [6, 6.07) is 0. The quantitative estimate of drug-likeness (QED) is 0.648. The van der Waals surface area contributed by atoms with Crippen molar-refractivity contribution in [2.24, 2.45) is 11.7 Å². The second-order valence-electron chi connectivity index (χ2n) is 5.55. The van der Waals surface area contributed by atoms with Gasteiger partial charge in [0, 0.05) is 26.8 Å². The van der Waals surface area contributed by atoms with E-state index < -0.39 is 0 Å². The highest BCUT2D eigenvalue weighted by Crippen LogP contribution is 2.33. The molecule has 3 N–H and O–H groups in total. The lowest BCUT2D eigenvalue weighted by Crippen LogP contribution is -2.46. The highest BCUT2D eigenvalue weighted by Gasteiger charge is 2.34. The van der Waals surface area contributed by atoms with Crippen molar-refractivity contribution in [1.82, 2.24) is 5.32 Å². The van der Waals surface area contributed by atoms with E-state index in [1.54, 1.807) is 7.11 Å². The van der Waals surface area contributed by atoms with E-state index in [0.717, 1.165) is 38.0 Å². The number of amides is 1. The molecule has 1 aliphatic carbocycles. The zero-order chi connectivity index (χ0) is 14.1. The summed E-state index contributed by atoms with van der Waals surface area (Å²) >= 11 is 0. The Morgan fingerprint density at radius 3 is 2.68 bits per heavy atom. The summed E-state index contributed by atoms with van der Waals surface area (Å²) < 4.78 is 10.7. The highest BCUT2D eigenvalue weighted by molar-refractivity contribution is 5.77. The maximum atomic E-state index is 11.7. The smallest absolute Gasteiger partial charge is 0.246 e. The number of carbonyl (C=O) groups excluding carboxylic acids is 1. The molecule has 1 amide bonds. The minimum absolute atomic E-state index is 0.0671. The molecule has 1 fully saturated rings. The molecule has 0 aromatic rings. The average molecular weight is 272 g/mol. The van der Waals surface area contributed by atoms with Crippen LogP contribution in [-0.4, -0.2) is 44.9 Å². The van der Waals surface area contributed by atoms with E-state index >= 15 is 0 Å². The van der Waals surface area contributed by atoms with Crippen LogP contribution in [0.5, 0.6) is 0 Å². The van der Waals surface area contributed by atoms with Crippen LogP contribution in [0.2, 0.25) is 0 Å². The van der Waals surface area contributed by atoms with Gasteiger partial charge < -0.3 is 20.5 Å². The molecule has 0 unspecified atom stereocenters. The summed E-state index contributed by atoms with van der Waals surface area (Å²) in [5.41, 5.74) is 5.55. The van der Waals surface area contributed by atoms with Gasteiger partial charge in [0.1, 0.15) is 6.61 Å². The molecule has 5 heteroatoms. The van der Waals surface area contributed by atoms with Gasteiger partial charge >= 0.3 is 0 Å². The lowest BCUT2D eigenvalue weighted by molar-refractivity contribution is -0.136. The summed E-state index contributed by atoms with van der Waals surface area (Å²) in [5.74, 6) is 0.675. The van der Waals surface area contributed by atoms with Gasteiger partial charge in [-0.25, -0.2) is 0 Å². The average Bonchev–Trinajstić information content (AvgIpc) is 2.44. The van der Waals surface area contributed by atoms with Crippen molar-refractivity contribution in [3.8, 4) is 0 Å². The van der Waals surface area contributed by atoms with Crippen LogP contribution in [0.1, 0.15) is 39.0 Å². The van der Waals surface area contributed by atoms with Gasteiger partial charge in [0.15, 0.2) is 0 Å². The number of methoxy groups -OCH3 is 1. The number of hydrogen-bond acceptors (Lipinski definition) is 4. The SMILES string of the molecule is COCCCNC(=O)COC1(CN)CCC(C)CC1. The van der Waals surface area contributed by atoms with Crippen LogP contribution in [0.3, 0.4) is 0 Å². The fraction of sp³-hybridized carbons (Fsp3) is 0.929. The number of ether oxygens (including phenoxy) is 2. The van der Waals surface area contributed by atoms with Crippen LogP contribution in [-0.2, 0) is 14.3 Å². The fourth-order valence-corrected chi connectivity index (χ4v) is 2.41. The van der Waals surface area contributed by atoms with Crippen molar-refractivity contribution >= 4 is 5.91 Å². The first-order valence-corrected chi connectivity index (χ1v) is 7.21. The molecule has 0 aromatic carbocycles. The zero-order valence-corrected chi connectivity index (χ0v) is 12.2. The Kier molecular flexibility index (Phi) is 7.34. The molecule has 19 heavy (non-hydrogen) atoms. The Labute approximate surface area is 116 Å². The van der Waals surface area contributed by atoms with Crippen LogP contribution in [0.4, 0.5) is 0 Å². The summed E-state index contributed by atoms with van der Waals surface area (Å²) in [7, 11) is 1.65. The summed E-state index contributed by atoms with van der Waals surface area (Å²) in [4.78, 5) is 11.7. The molecule has 0 bridgehead atoms. The predicted molar refractivity (Wildman–Crippen MR) is 74.9 cm³/mol. The lowest BCUT2D eigenvalue weighted by atomic mass is 9.79. The maximum Gasteiger partial charge on any atom is 0.246 e. The van der Waals surface area contributed by atoms with Crippen LogP contribution >= 0.6 is 0 Å². The van der Waals surface area contributed by atoms with Crippen molar-refractivity contribution in [2.75, 3.05) is 33.4 Å². The van der Waals surface area contributed by atoms with Gasteiger partial charge in [-0.1, -0.05) is 6.92 Å². The lowest BCUT2D eigenvalue weighted by Gasteiger charge is -2.38. The van der Waals surface area contributed by atoms with Gasteiger partial charge in [-0.05, 0) is 38.0 Å². The van der Waals surface area contributed by atoms with E-state index in [1.165, 1.54) is 0 Å². The fourth-order valence-electron chi connectivity index (χ4n) is 2.41. The molecule has 0 heterocycles. The van der Waals surface area contributed by atoms with Crippen molar-refractivity contribution in [1.29, 1.82) is 0 Å². The number of nitrogens with one attached hydrogen (secondary N) is 1. The summed E-state index contributed by atoms with van der Waals surface area (Å²) in [6.07, 6.45) is 5.00. The van der Waals surface area contributed by atoms with Crippen LogP contribution in [0.15, 0.2) is 0 Å². The first kappa shape index (κ1) is 16.4. The van der Waals surface area contributed by atoms with Gasteiger partial charge in [0.05, 0.1) is 5.60 Å². The predicted octanol–water partition coefficient (Wildman–Crippen LogP) is 1.06. The summed E-state index contributed by atoms with van der Waals surface area (Å²) in [5, 5.41) is 2.82. The molecule has 1 aliphatic rings. The Hall–Kier alpha value is -0.650. The molecule has 1 saturated carbocycles. The molecule has 0 aliphatic heterocycles. The molecule has 112 valence electrons. The minimum Gasteiger partial charge on any atom is -0.385 e. The highest BCUT2D eigenvalue weighted by atomic mass is 16.5. The number of hydrogen-bond donors (Lipinski definition) is 2. The molecule has 0 atom stereocenters. The molecule has 0 aromatic heterocycles. The van der Waals surface area contributed by atoms with Gasteiger partial charge in [-0.2, -0.15) is 0 Å². The van der Waals surface area contributed by atoms with Crippen LogP contribution in [0, 0.1) is 5.92 Å². The van der Waals surface area contributed by atoms with Gasteiger partial charge in [-0.3, -0.25) is 4.79 Å². The molecule has 5 nitrogen and oxygen atoms in total. The third kappa shape index (κ3) is 5.89. The Morgan fingerprint density at radius 1 is 1.42 bits per heavy atom. The molecular formula is C14H28N2O3. The Morgan fingerprint density at radius 2 is 2.11 bits per heavy atom. The normalized spacial score (nSPS) is 27.2. The molecule has 0 saturated heterocycles. The minimum atomic E-state index is -0.281. The van der Waals surface area contributed by atoms with E-state index in [1.807, 2.05) is 0 Å². The molecule has 0 spiro atoms. The second-order valence-corrected chi connectivity index (χ2v) is 5.55. The number of nitrogens with two attached hydrogens (primary N) is 1. The number of carbonyl (C=O) groups is 1. The van der Waals surface area contributed by atoms with E-state index in [4.69, 9.17) is 15.2 Å². The topological polar surface area (TPSA) is 73.6 Å². The van der Waals surface area contributed by atoms with E-state index in [2.05, 4.69) is 12.2 Å². The Balaban J connectivity index is 2.23. The van der Waals surface area contributed by atoms with E-state index in [-0.39, 0.29) is 18.1 Å². The first-order chi connectivity index (χ1) is 9.12. The molecule has 1 rings (SSSR count). The van der Waals surface area contributed by atoms with Crippen molar-refractivity contribution in [2.45, 2.75) is 44.6 Å². The van der Waals surface area contributed by atoms with Gasteiger partial charge in [0.2, 0.25) is 5.91 Å². The zero-order valence-electron chi connectivity index (χ0n) is 12.2. The van der Waals surface area contributed by atoms with Gasteiger partial charge in [-0.15, -0.1) is 0 Å². The monoisotopic (exact) mass is 272 g/mol. The standard InChI is InChI=1S/C14H28N2O3/c1-12-4-6-14(11-15,7-5-12)19-10-13(17)16-8-3-9-18-2/h12H,3-11,15H2,1-2H3,(H,16,17). The van der Waals surface area contributed by atoms with Crippen LogP contribution < -0.4 is 11.1 Å². The first-order valence-electron chi connectivity index (χ1n) is 7.21.